The Kier molecular flexibility index (Phi) is 6.32. The molecule has 4 N–H and O–H groups in total. The van der Waals surface area contributed by atoms with Crippen LogP contribution < -0.4 is 11.1 Å². The number of carboxylic acid groups (broad SMARTS) is 1. The minimum absolute atomic E-state index is 0.204. The van der Waals surface area contributed by atoms with Gasteiger partial charge in [-0.25, -0.2) is 4.79 Å². The van der Waals surface area contributed by atoms with Crippen molar-refractivity contribution in [2.45, 2.75) is 39.2 Å². The van der Waals surface area contributed by atoms with E-state index in [-0.39, 0.29) is 6.04 Å². The molecule has 0 bridgehead atoms. The Labute approximate surface area is 79.5 Å². The molecule has 4 heteroatoms. The number of nitrogens with two attached hydrogens (primary N) is 1. The van der Waals surface area contributed by atoms with Crippen molar-refractivity contribution in [2.24, 2.45) is 11.7 Å². The fourth-order valence-electron chi connectivity index (χ4n) is 1.28. The molecular formula is C9H20N2O2. The Morgan fingerprint density at radius 1 is 1.54 bits per heavy atom. The lowest BCUT2D eigenvalue weighted by molar-refractivity contribution is 0.194. The fourth-order valence-corrected chi connectivity index (χ4v) is 1.28. The molecule has 1 atom stereocenters. The topological polar surface area (TPSA) is 75.3 Å². The zero-order valence-corrected chi connectivity index (χ0v) is 8.42. The number of hydrogen-bond acceptors (Lipinski definition) is 2. The van der Waals surface area contributed by atoms with Crippen LogP contribution in [0.2, 0.25) is 0 Å². The van der Waals surface area contributed by atoms with Crippen LogP contribution in [0.4, 0.5) is 4.79 Å². The van der Waals surface area contributed by atoms with E-state index in [0.717, 1.165) is 19.3 Å². The van der Waals surface area contributed by atoms with Gasteiger partial charge in [-0.3, -0.25) is 0 Å². The monoisotopic (exact) mass is 188 g/mol. The van der Waals surface area contributed by atoms with Crippen molar-refractivity contribution in [3.63, 3.8) is 0 Å². The molecule has 0 aromatic rings. The molecule has 1 amide bonds. The maximum atomic E-state index is 10.1. The van der Waals surface area contributed by atoms with Gasteiger partial charge in [0.1, 0.15) is 0 Å². The van der Waals surface area contributed by atoms with E-state index in [0.29, 0.717) is 12.5 Å². The van der Waals surface area contributed by atoms with Gasteiger partial charge in [-0.1, -0.05) is 13.8 Å². The predicted octanol–water partition coefficient (Wildman–Crippen LogP) is 1.41. The summed E-state index contributed by atoms with van der Waals surface area (Å²) in [5.74, 6) is 0.613. The molecule has 13 heavy (non-hydrogen) atoms. The van der Waals surface area contributed by atoms with E-state index in [1.54, 1.807) is 0 Å². The Bertz CT molecular complexity index is 149. The molecule has 0 radical (unpaired) electrons. The Balaban J connectivity index is 3.26. The second kappa shape index (κ2) is 6.71. The highest BCUT2D eigenvalue weighted by molar-refractivity contribution is 5.64. The summed E-state index contributed by atoms with van der Waals surface area (Å²) in [4.78, 5) is 10.1. The largest absolute Gasteiger partial charge is 0.465 e. The summed E-state index contributed by atoms with van der Waals surface area (Å²) < 4.78 is 0. The van der Waals surface area contributed by atoms with E-state index in [2.05, 4.69) is 19.2 Å². The van der Waals surface area contributed by atoms with E-state index in [1.165, 1.54) is 0 Å². The van der Waals surface area contributed by atoms with Crippen molar-refractivity contribution in [1.29, 1.82) is 0 Å². The standard InChI is InChI=1S/C9H20N2O2/c1-7(2)6-8(10)4-3-5-11-9(12)13/h7-8,11H,3-6,10H2,1-2H3,(H,12,13). The van der Waals surface area contributed by atoms with Gasteiger partial charge in [0.05, 0.1) is 0 Å². The van der Waals surface area contributed by atoms with Gasteiger partial charge in [0, 0.05) is 12.6 Å². The van der Waals surface area contributed by atoms with E-state index >= 15 is 0 Å². The highest BCUT2D eigenvalue weighted by atomic mass is 16.4. The van der Waals surface area contributed by atoms with Crippen molar-refractivity contribution in [3.05, 3.63) is 0 Å². The SMILES string of the molecule is CC(C)CC(N)CCCNC(=O)O. The van der Waals surface area contributed by atoms with Gasteiger partial charge in [0.25, 0.3) is 0 Å². The second-order valence-corrected chi connectivity index (χ2v) is 3.76. The van der Waals surface area contributed by atoms with Crippen LogP contribution in [0.15, 0.2) is 0 Å². The van der Waals surface area contributed by atoms with Crippen LogP contribution in [0.5, 0.6) is 0 Å². The summed E-state index contributed by atoms with van der Waals surface area (Å²) >= 11 is 0. The predicted molar refractivity (Wildman–Crippen MR) is 52.7 cm³/mol. The Morgan fingerprint density at radius 3 is 2.62 bits per heavy atom. The van der Waals surface area contributed by atoms with Crippen LogP contribution in [0.1, 0.15) is 33.1 Å². The third kappa shape index (κ3) is 9.14. The van der Waals surface area contributed by atoms with Crippen molar-refractivity contribution in [2.75, 3.05) is 6.54 Å². The normalized spacial score (nSPS) is 12.9. The molecular weight excluding hydrogens is 168 g/mol. The minimum Gasteiger partial charge on any atom is -0.465 e. The third-order valence-electron chi connectivity index (χ3n) is 1.80. The molecule has 1 unspecified atom stereocenters. The van der Waals surface area contributed by atoms with Crippen molar-refractivity contribution >= 4 is 6.09 Å². The lowest BCUT2D eigenvalue weighted by Gasteiger charge is -2.13. The summed E-state index contributed by atoms with van der Waals surface area (Å²) in [7, 11) is 0. The molecule has 0 spiro atoms. The quantitative estimate of drug-likeness (QED) is 0.552. The van der Waals surface area contributed by atoms with Crippen LogP contribution in [-0.4, -0.2) is 23.8 Å². The Hall–Kier alpha value is -0.770. The third-order valence-corrected chi connectivity index (χ3v) is 1.80. The first kappa shape index (κ1) is 12.2. The average molecular weight is 188 g/mol. The zero-order valence-electron chi connectivity index (χ0n) is 8.42. The lowest BCUT2D eigenvalue weighted by Crippen LogP contribution is -2.26. The molecule has 4 nitrogen and oxygen atoms in total. The van der Waals surface area contributed by atoms with Crippen LogP contribution >= 0.6 is 0 Å². The first-order valence-corrected chi connectivity index (χ1v) is 4.74. The first-order valence-electron chi connectivity index (χ1n) is 4.74. The Morgan fingerprint density at radius 2 is 2.15 bits per heavy atom. The summed E-state index contributed by atoms with van der Waals surface area (Å²) in [5.41, 5.74) is 5.82. The molecule has 0 aromatic carbocycles. The molecule has 0 aliphatic rings. The first-order chi connectivity index (χ1) is 6.02. The van der Waals surface area contributed by atoms with E-state index in [4.69, 9.17) is 10.8 Å². The maximum absolute atomic E-state index is 10.1. The summed E-state index contributed by atoms with van der Waals surface area (Å²) in [5, 5.41) is 10.6. The highest BCUT2D eigenvalue weighted by Crippen LogP contribution is 2.06. The van der Waals surface area contributed by atoms with E-state index in [9.17, 15) is 4.79 Å². The molecule has 0 rings (SSSR count). The number of carbonyl (C=O) groups is 1. The van der Waals surface area contributed by atoms with Gasteiger partial charge in [-0.2, -0.15) is 0 Å². The number of amides is 1. The lowest BCUT2D eigenvalue weighted by atomic mass is 10.0. The van der Waals surface area contributed by atoms with Gasteiger partial charge in [-0.15, -0.1) is 0 Å². The molecule has 0 saturated heterocycles. The van der Waals surface area contributed by atoms with Crippen molar-refractivity contribution < 1.29 is 9.90 Å². The highest BCUT2D eigenvalue weighted by Gasteiger charge is 2.04. The van der Waals surface area contributed by atoms with Crippen LogP contribution in [0.3, 0.4) is 0 Å². The van der Waals surface area contributed by atoms with Gasteiger partial charge < -0.3 is 16.2 Å². The minimum atomic E-state index is -0.961. The second-order valence-electron chi connectivity index (χ2n) is 3.76. The van der Waals surface area contributed by atoms with Crippen LogP contribution in [-0.2, 0) is 0 Å². The van der Waals surface area contributed by atoms with Crippen molar-refractivity contribution in [1.82, 2.24) is 5.32 Å². The summed E-state index contributed by atoms with van der Waals surface area (Å²) in [6.07, 6.45) is 1.75. The number of rotatable bonds is 6. The summed E-state index contributed by atoms with van der Waals surface area (Å²) in [6, 6.07) is 0.204. The van der Waals surface area contributed by atoms with Gasteiger partial charge >= 0.3 is 6.09 Å². The van der Waals surface area contributed by atoms with Gasteiger partial charge in [-0.05, 0) is 25.2 Å². The average Bonchev–Trinajstić information content (AvgIpc) is 1.96. The molecule has 0 aliphatic carbocycles. The van der Waals surface area contributed by atoms with E-state index < -0.39 is 6.09 Å². The molecule has 0 aliphatic heterocycles. The zero-order chi connectivity index (χ0) is 10.3. The number of hydrogen-bond donors (Lipinski definition) is 3. The van der Waals surface area contributed by atoms with Gasteiger partial charge in [0.2, 0.25) is 0 Å². The maximum Gasteiger partial charge on any atom is 0.404 e. The molecule has 0 heterocycles. The molecule has 78 valence electrons. The molecule has 0 aromatic heterocycles. The van der Waals surface area contributed by atoms with Crippen molar-refractivity contribution in [3.8, 4) is 0 Å². The molecule has 0 saturated carbocycles. The van der Waals surface area contributed by atoms with Gasteiger partial charge in [0.15, 0.2) is 0 Å². The fraction of sp³-hybridized carbons (Fsp3) is 0.889. The smallest absolute Gasteiger partial charge is 0.404 e. The molecule has 0 fully saturated rings. The van der Waals surface area contributed by atoms with Crippen LogP contribution in [0, 0.1) is 5.92 Å². The van der Waals surface area contributed by atoms with E-state index in [1.807, 2.05) is 0 Å². The van der Waals surface area contributed by atoms with Crippen LogP contribution in [0.25, 0.3) is 0 Å². The number of nitrogens with one attached hydrogen (secondary N) is 1. The summed E-state index contributed by atoms with van der Waals surface area (Å²) in [6.45, 7) is 4.77.